The van der Waals surface area contributed by atoms with Gasteiger partial charge in [0.05, 0.1) is 17.5 Å². The Morgan fingerprint density at radius 3 is 2.15 bits per heavy atom. The van der Waals surface area contributed by atoms with Gasteiger partial charge in [0, 0.05) is 50.3 Å². The van der Waals surface area contributed by atoms with Gasteiger partial charge in [-0.15, -0.1) is 12.4 Å². The Bertz CT molecular complexity index is 724. The summed E-state index contributed by atoms with van der Waals surface area (Å²) in [6, 6.07) is 4.42. The lowest BCUT2D eigenvalue weighted by Gasteiger charge is -2.36. The second-order valence-corrected chi connectivity index (χ2v) is 6.42. The molecule has 3 rings (SSSR count). The molecule has 1 atom stereocenters. The van der Waals surface area contributed by atoms with Crippen molar-refractivity contribution in [2.75, 3.05) is 32.7 Å². The highest BCUT2D eigenvalue weighted by Crippen LogP contribution is 2.26. The van der Waals surface area contributed by atoms with Crippen molar-refractivity contribution in [2.45, 2.75) is 18.4 Å². The Kier molecular flexibility index (Phi) is 6.32. The second-order valence-electron chi connectivity index (χ2n) is 6.42. The number of alkyl halides is 2. The highest BCUT2D eigenvalue weighted by molar-refractivity contribution is 5.94. The largest absolute Gasteiger partial charge is 0.338 e. The zero-order valence-electron chi connectivity index (χ0n) is 14.3. The Balaban J connectivity index is 0.00000261. The van der Waals surface area contributed by atoms with E-state index >= 15 is 0 Å². The number of nitro benzene ring substituents is 1. The molecule has 2 fully saturated rings. The molecule has 0 aromatic heterocycles. The van der Waals surface area contributed by atoms with E-state index in [4.69, 9.17) is 0 Å². The number of hydrogen-bond donors (Lipinski definition) is 1. The lowest BCUT2D eigenvalue weighted by molar-refractivity contribution is -0.384. The highest BCUT2D eigenvalue weighted by Gasteiger charge is 2.43. The van der Waals surface area contributed by atoms with Gasteiger partial charge in [0.1, 0.15) is 0 Å². The van der Waals surface area contributed by atoms with Crippen LogP contribution in [0.15, 0.2) is 24.3 Å². The zero-order valence-corrected chi connectivity index (χ0v) is 15.1. The van der Waals surface area contributed by atoms with Gasteiger partial charge in [-0.1, -0.05) is 0 Å². The zero-order chi connectivity index (χ0) is 18.9. The first kappa shape index (κ1) is 21.0. The van der Waals surface area contributed by atoms with Crippen molar-refractivity contribution in [3.63, 3.8) is 0 Å². The number of nitro groups is 1. The summed E-state index contributed by atoms with van der Waals surface area (Å²) in [7, 11) is 0. The van der Waals surface area contributed by atoms with Crippen molar-refractivity contribution in [2.24, 2.45) is 0 Å². The monoisotopic (exact) mass is 404 g/mol. The van der Waals surface area contributed by atoms with E-state index < -0.39 is 29.9 Å². The fourth-order valence-corrected chi connectivity index (χ4v) is 3.15. The van der Waals surface area contributed by atoms with Crippen LogP contribution in [0.4, 0.5) is 14.5 Å². The average Bonchev–Trinajstić information content (AvgIpc) is 3.00. The standard InChI is InChI=1S/C16H18F2N4O4.ClH/c17-16(18)9-13(19-10-16)15(24)21-7-5-20(6-8-21)14(23)11-1-3-12(4-2-11)22(25)26;/h1-4,13,19H,5-10H2;1H. The van der Waals surface area contributed by atoms with Gasteiger partial charge in [0.25, 0.3) is 17.5 Å². The van der Waals surface area contributed by atoms with Gasteiger partial charge in [-0.3, -0.25) is 25.0 Å². The van der Waals surface area contributed by atoms with Crippen molar-refractivity contribution in [3.8, 4) is 0 Å². The van der Waals surface area contributed by atoms with Crippen LogP contribution in [0.1, 0.15) is 16.8 Å². The Morgan fingerprint density at radius 1 is 1.11 bits per heavy atom. The average molecular weight is 405 g/mol. The first-order chi connectivity index (χ1) is 12.3. The first-order valence-corrected chi connectivity index (χ1v) is 8.20. The van der Waals surface area contributed by atoms with E-state index in [-0.39, 0.29) is 56.1 Å². The predicted octanol–water partition coefficient (Wildman–Crippen LogP) is 1.30. The van der Waals surface area contributed by atoms with Gasteiger partial charge in [-0.25, -0.2) is 8.78 Å². The molecule has 2 saturated heterocycles. The number of carbonyl (C=O) groups excluding carboxylic acids is 2. The number of rotatable bonds is 3. The van der Waals surface area contributed by atoms with E-state index in [1.54, 1.807) is 4.90 Å². The third-order valence-electron chi connectivity index (χ3n) is 4.61. The number of non-ortho nitro benzene ring substituents is 1. The Labute approximate surface area is 160 Å². The van der Waals surface area contributed by atoms with Crippen LogP contribution in [0.3, 0.4) is 0 Å². The van der Waals surface area contributed by atoms with Gasteiger partial charge in [-0.05, 0) is 12.1 Å². The molecular formula is C16H19ClF2N4O4. The van der Waals surface area contributed by atoms with Gasteiger partial charge < -0.3 is 9.80 Å². The molecule has 2 aliphatic rings. The SMILES string of the molecule is Cl.O=C(c1ccc([N+](=O)[O-])cc1)N1CCN(C(=O)C2CC(F)(F)CN2)CC1. The molecule has 2 aliphatic heterocycles. The van der Waals surface area contributed by atoms with Gasteiger partial charge in [0.15, 0.2) is 0 Å². The number of hydrogen-bond acceptors (Lipinski definition) is 5. The molecule has 0 saturated carbocycles. The first-order valence-electron chi connectivity index (χ1n) is 8.20. The number of amides is 2. The summed E-state index contributed by atoms with van der Waals surface area (Å²) in [6.07, 6.45) is -0.506. The van der Waals surface area contributed by atoms with Gasteiger partial charge in [-0.2, -0.15) is 0 Å². The predicted molar refractivity (Wildman–Crippen MR) is 94.2 cm³/mol. The quantitative estimate of drug-likeness (QED) is 0.605. The normalized spacial score (nSPS) is 21.5. The summed E-state index contributed by atoms with van der Waals surface area (Å²) in [6.45, 7) is 0.597. The number of benzene rings is 1. The molecule has 2 heterocycles. The van der Waals surface area contributed by atoms with E-state index in [9.17, 15) is 28.5 Å². The van der Waals surface area contributed by atoms with E-state index in [1.807, 2.05) is 0 Å². The van der Waals surface area contributed by atoms with Crippen LogP contribution in [0.5, 0.6) is 0 Å². The van der Waals surface area contributed by atoms with Crippen molar-refractivity contribution in [1.29, 1.82) is 0 Å². The van der Waals surface area contributed by atoms with Crippen molar-refractivity contribution >= 4 is 29.9 Å². The molecule has 0 aliphatic carbocycles. The van der Waals surface area contributed by atoms with Crippen LogP contribution < -0.4 is 5.32 Å². The fraction of sp³-hybridized carbons (Fsp3) is 0.500. The molecule has 0 radical (unpaired) electrons. The summed E-state index contributed by atoms with van der Waals surface area (Å²) in [5.74, 6) is -3.52. The highest BCUT2D eigenvalue weighted by atomic mass is 35.5. The van der Waals surface area contributed by atoms with Crippen LogP contribution in [-0.2, 0) is 4.79 Å². The molecule has 0 bridgehead atoms. The Hall–Kier alpha value is -2.33. The number of nitrogens with zero attached hydrogens (tertiary/aromatic N) is 3. The minimum atomic E-state index is -2.87. The maximum absolute atomic E-state index is 13.2. The smallest absolute Gasteiger partial charge is 0.269 e. The third-order valence-corrected chi connectivity index (χ3v) is 4.61. The van der Waals surface area contributed by atoms with Crippen molar-refractivity contribution in [1.82, 2.24) is 15.1 Å². The third kappa shape index (κ3) is 4.69. The van der Waals surface area contributed by atoms with Crippen LogP contribution in [-0.4, -0.2) is 71.2 Å². The molecule has 27 heavy (non-hydrogen) atoms. The molecule has 1 aromatic carbocycles. The summed E-state index contributed by atoms with van der Waals surface area (Å²) >= 11 is 0. The maximum Gasteiger partial charge on any atom is 0.269 e. The molecule has 148 valence electrons. The summed E-state index contributed by atoms with van der Waals surface area (Å²) in [4.78, 5) is 37.9. The summed E-state index contributed by atoms with van der Waals surface area (Å²) < 4.78 is 26.5. The molecule has 8 nitrogen and oxygen atoms in total. The summed E-state index contributed by atoms with van der Waals surface area (Å²) in [5.41, 5.74) is 0.227. The minimum absolute atomic E-state index is 0. The molecule has 2 amide bonds. The van der Waals surface area contributed by atoms with Crippen LogP contribution in [0.2, 0.25) is 0 Å². The Morgan fingerprint density at radius 2 is 1.67 bits per heavy atom. The van der Waals surface area contributed by atoms with E-state index in [0.717, 1.165) is 0 Å². The fourth-order valence-electron chi connectivity index (χ4n) is 3.15. The molecule has 11 heteroatoms. The van der Waals surface area contributed by atoms with Gasteiger partial charge in [0.2, 0.25) is 5.91 Å². The molecule has 1 N–H and O–H groups in total. The van der Waals surface area contributed by atoms with Crippen LogP contribution in [0, 0.1) is 10.1 Å². The topological polar surface area (TPSA) is 95.8 Å². The molecule has 0 spiro atoms. The molecular weight excluding hydrogens is 386 g/mol. The van der Waals surface area contributed by atoms with E-state index in [1.165, 1.54) is 29.2 Å². The lowest BCUT2D eigenvalue weighted by atomic mass is 10.1. The summed E-state index contributed by atoms with van der Waals surface area (Å²) in [5, 5.41) is 13.2. The second kappa shape index (κ2) is 8.13. The molecule has 1 aromatic rings. The lowest BCUT2D eigenvalue weighted by Crippen LogP contribution is -2.54. The van der Waals surface area contributed by atoms with Crippen LogP contribution in [0.25, 0.3) is 0 Å². The molecule has 1 unspecified atom stereocenters. The maximum atomic E-state index is 13.2. The minimum Gasteiger partial charge on any atom is -0.338 e. The number of nitrogens with one attached hydrogen (secondary N) is 1. The number of halogens is 3. The number of carbonyl (C=O) groups is 2. The van der Waals surface area contributed by atoms with E-state index in [2.05, 4.69) is 5.32 Å². The van der Waals surface area contributed by atoms with E-state index in [0.29, 0.717) is 5.56 Å². The van der Waals surface area contributed by atoms with Gasteiger partial charge >= 0.3 is 0 Å². The van der Waals surface area contributed by atoms with Crippen molar-refractivity contribution < 1.29 is 23.3 Å². The van der Waals surface area contributed by atoms with Crippen molar-refractivity contribution in [3.05, 3.63) is 39.9 Å². The van der Waals surface area contributed by atoms with Crippen LogP contribution >= 0.6 is 12.4 Å². The number of piperazine rings is 1.